The van der Waals surface area contributed by atoms with E-state index >= 15 is 0 Å². The Labute approximate surface area is 62.2 Å². The van der Waals surface area contributed by atoms with Crippen molar-refractivity contribution < 1.29 is 14.0 Å². The van der Waals surface area contributed by atoms with Gasteiger partial charge in [0.15, 0.2) is 12.4 Å². The van der Waals surface area contributed by atoms with E-state index in [1.165, 1.54) is 0 Å². The Bertz CT molecular complexity index is 107. The Balaban J connectivity index is 3.74. The van der Waals surface area contributed by atoms with E-state index in [2.05, 4.69) is 0 Å². The van der Waals surface area contributed by atoms with E-state index in [4.69, 9.17) is 4.74 Å². The average Bonchev–Trinajstić information content (AvgIpc) is 1.81. The number of hydrogen-bond donors (Lipinski definition) is 0. The fraction of sp³-hybridized carbons (Fsp3) is 0.857. The summed E-state index contributed by atoms with van der Waals surface area (Å²) in [5, 5.41) is 0. The number of nitrogens with zero attached hydrogens (tertiary/aromatic N) is 1. The highest BCUT2D eigenvalue weighted by molar-refractivity contribution is 5.55. The summed E-state index contributed by atoms with van der Waals surface area (Å²) < 4.78 is 5.64. The molecule has 0 bridgehead atoms. The average molecular weight is 146 g/mol. The fourth-order valence-corrected chi connectivity index (χ4v) is 0.713. The van der Waals surface area contributed by atoms with Crippen LogP contribution in [-0.4, -0.2) is 51.7 Å². The Hall–Kier alpha value is -0.410. The Morgan fingerprint density at radius 2 is 2.00 bits per heavy atom. The highest BCUT2D eigenvalue weighted by Gasteiger charge is 2.15. The van der Waals surface area contributed by atoms with E-state index < -0.39 is 0 Å². The molecular formula is C7H16NO2+. The molecule has 0 amide bonds. The van der Waals surface area contributed by atoms with Crippen molar-refractivity contribution in [3.8, 4) is 0 Å². The quantitative estimate of drug-likeness (QED) is 0.409. The van der Waals surface area contributed by atoms with Crippen molar-refractivity contribution in [3.05, 3.63) is 0 Å². The molecule has 0 fully saturated rings. The molecule has 0 aliphatic carbocycles. The normalized spacial score (nSPS) is 14.8. The highest BCUT2D eigenvalue weighted by atomic mass is 16.5. The SMILES string of the molecule is COC(C=O)C[N+](C)(C)C. The van der Waals surface area contributed by atoms with Gasteiger partial charge in [-0.25, -0.2) is 0 Å². The molecule has 0 aliphatic heterocycles. The molecule has 0 saturated carbocycles. The molecule has 0 heterocycles. The van der Waals surface area contributed by atoms with E-state index in [-0.39, 0.29) is 6.10 Å². The van der Waals surface area contributed by atoms with Gasteiger partial charge >= 0.3 is 0 Å². The minimum atomic E-state index is -0.264. The van der Waals surface area contributed by atoms with Crippen molar-refractivity contribution >= 4 is 6.29 Å². The van der Waals surface area contributed by atoms with Gasteiger partial charge in [0.25, 0.3) is 0 Å². The van der Waals surface area contributed by atoms with Crippen molar-refractivity contribution in [2.45, 2.75) is 6.10 Å². The third-order valence-electron chi connectivity index (χ3n) is 1.18. The summed E-state index contributed by atoms with van der Waals surface area (Å²) in [4.78, 5) is 10.3. The number of aldehydes is 1. The summed E-state index contributed by atoms with van der Waals surface area (Å²) >= 11 is 0. The van der Waals surface area contributed by atoms with Gasteiger partial charge in [-0.1, -0.05) is 0 Å². The lowest BCUT2D eigenvalue weighted by atomic mass is 10.3. The molecule has 0 rings (SSSR count). The molecular weight excluding hydrogens is 130 g/mol. The molecule has 3 heteroatoms. The number of likely N-dealkylation sites (N-methyl/N-ethyl adjacent to an activating group) is 1. The van der Waals surface area contributed by atoms with E-state index in [1.807, 2.05) is 21.1 Å². The van der Waals surface area contributed by atoms with Crippen LogP contribution in [0.2, 0.25) is 0 Å². The fourth-order valence-electron chi connectivity index (χ4n) is 0.713. The van der Waals surface area contributed by atoms with Crippen molar-refractivity contribution in [3.63, 3.8) is 0 Å². The predicted octanol–water partition coefficient (Wildman–Crippen LogP) is -0.0935. The van der Waals surface area contributed by atoms with Gasteiger partial charge in [-0.05, 0) is 0 Å². The van der Waals surface area contributed by atoms with Crippen molar-refractivity contribution in [1.82, 2.24) is 0 Å². The first-order valence-electron chi connectivity index (χ1n) is 3.28. The molecule has 0 aliphatic rings. The van der Waals surface area contributed by atoms with Gasteiger partial charge in [-0.2, -0.15) is 0 Å². The molecule has 1 unspecified atom stereocenters. The molecule has 0 N–H and O–H groups in total. The number of hydrogen-bond acceptors (Lipinski definition) is 2. The van der Waals surface area contributed by atoms with Crippen LogP contribution in [0, 0.1) is 0 Å². The smallest absolute Gasteiger partial charge is 0.161 e. The van der Waals surface area contributed by atoms with E-state index in [0.29, 0.717) is 0 Å². The van der Waals surface area contributed by atoms with Gasteiger partial charge in [0.2, 0.25) is 0 Å². The first-order chi connectivity index (χ1) is 4.49. The lowest BCUT2D eigenvalue weighted by molar-refractivity contribution is -0.872. The molecule has 0 aromatic carbocycles. The standard InChI is InChI=1S/C7H16NO2/c1-8(2,3)5-7(6-9)10-4/h6-7H,5H2,1-4H3/q+1. The molecule has 0 radical (unpaired) electrons. The van der Waals surface area contributed by atoms with Crippen LogP contribution < -0.4 is 0 Å². The summed E-state index contributed by atoms with van der Waals surface area (Å²) in [6, 6.07) is 0. The zero-order chi connectivity index (χ0) is 8.20. The van der Waals surface area contributed by atoms with Crippen LogP contribution in [0.3, 0.4) is 0 Å². The Morgan fingerprint density at radius 1 is 1.50 bits per heavy atom. The zero-order valence-corrected chi connectivity index (χ0v) is 7.13. The number of rotatable bonds is 4. The highest BCUT2D eigenvalue weighted by Crippen LogP contribution is 1.95. The summed E-state index contributed by atoms with van der Waals surface area (Å²) in [5.41, 5.74) is 0. The van der Waals surface area contributed by atoms with Crippen LogP contribution in [0.5, 0.6) is 0 Å². The maximum absolute atomic E-state index is 10.3. The molecule has 0 saturated heterocycles. The molecule has 10 heavy (non-hydrogen) atoms. The number of methoxy groups -OCH3 is 1. The minimum Gasteiger partial charge on any atom is -0.368 e. The van der Waals surface area contributed by atoms with Gasteiger partial charge in [-0.3, -0.25) is 0 Å². The number of carbonyl (C=O) groups is 1. The summed E-state index contributed by atoms with van der Waals surface area (Å²) in [6.45, 7) is 0.722. The Morgan fingerprint density at radius 3 is 2.10 bits per heavy atom. The third-order valence-corrected chi connectivity index (χ3v) is 1.18. The van der Waals surface area contributed by atoms with Crippen LogP contribution >= 0.6 is 0 Å². The van der Waals surface area contributed by atoms with Crippen molar-refractivity contribution in [2.24, 2.45) is 0 Å². The first-order valence-corrected chi connectivity index (χ1v) is 3.28. The summed E-state index contributed by atoms with van der Waals surface area (Å²) in [6.07, 6.45) is 0.573. The van der Waals surface area contributed by atoms with E-state index in [9.17, 15) is 4.79 Å². The van der Waals surface area contributed by atoms with Crippen LogP contribution in [-0.2, 0) is 9.53 Å². The van der Waals surface area contributed by atoms with Crippen molar-refractivity contribution in [2.75, 3.05) is 34.8 Å². The van der Waals surface area contributed by atoms with Gasteiger partial charge in [-0.15, -0.1) is 0 Å². The molecule has 1 atom stereocenters. The van der Waals surface area contributed by atoms with Gasteiger partial charge in [0, 0.05) is 7.11 Å². The lowest BCUT2D eigenvalue weighted by Gasteiger charge is -2.25. The summed E-state index contributed by atoms with van der Waals surface area (Å²) in [7, 11) is 7.62. The van der Waals surface area contributed by atoms with E-state index in [0.717, 1.165) is 17.3 Å². The van der Waals surface area contributed by atoms with Crippen LogP contribution in [0.25, 0.3) is 0 Å². The molecule has 0 aromatic heterocycles. The zero-order valence-electron chi connectivity index (χ0n) is 7.13. The Kier molecular flexibility index (Phi) is 3.53. The van der Waals surface area contributed by atoms with Crippen LogP contribution in [0.15, 0.2) is 0 Å². The van der Waals surface area contributed by atoms with Crippen LogP contribution in [0.1, 0.15) is 0 Å². The summed E-state index contributed by atoms with van der Waals surface area (Å²) in [5.74, 6) is 0. The second kappa shape index (κ2) is 3.68. The molecule has 0 spiro atoms. The van der Waals surface area contributed by atoms with E-state index in [1.54, 1.807) is 7.11 Å². The second-order valence-electron chi connectivity index (χ2n) is 3.38. The van der Waals surface area contributed by atoms with Gasteiger partial charge in [0.1, 0.15) is 6.54 Å². The van der Waals surface area contributed by atoms with Crippen molar-refractivity contribution in [1.29, 1.82) is 0 Å². The maximum atomic E-state index is 10.3. The maximum Gasteiger partial charge on any atom is 0.161 e. The monoisotopic (exact) mass is 146 g/mol. The number of quaternary nitrogens is 1. The first kappa shape index (κ1) is 9.59. The third kappa shape index (κ3) is 4.47. The topological polar surface area (TPSA) is 26.3 Å². The number of ether oxygens (including phenoxy) is 1. The predicted molar refractivity (Wildman–Crippen MR) is 39.8 cm³/mol. The van der Waals surface area contributed by atoms with Gasteiger partial charge in [0.05, 0.1) is 21.1 Å². The largest absolute Gasteiger partial charge is 0.368 e. The van der Waals surface area contributed by atoms with Gasteiger partial charge < -0.3 is 14.0 Å². The molecule has 3 nitrogen and oxygen atoms in total. The minimum absolute atomic E-state index is 0.264. The molecule has 0 aromatic rings. The lowest BCUT2D eigenvalue weighted by Crippen LogP contribution is -2.42. The molecule has 60 valence electrons. The number of carbonyl (C=O) groups excluding carboxylic acids is 1. The van der Waals surface area contributed by atoms with Crippen LogP contribution in [0.4, 0.5) is 0 Å². The second-order valence-corrected chi connectivity index (χ2v) is 3.38.